The molecule has 33 heavy (non-hydrogen) atoms. The summed E-state index contributed by atoms with van der Waals surface area (Å²) in [6.45, 7) is -0.306. The van der Waals surface area contributed by atoms with Crippen molar-refractivity contribution in [2.45, 2.75) is 0 Å². The van der Waals surface area contributed by atoms with Crippen molar-refractivity contribution in [3.05, 3.63) is 93.8 Å². The molecule has 3 rings (SSSR count). The van der Waals surface area contributed by atoms with Crippen LogP contribution >= 0.6 is 0 Å². The third-order valence-corrected chi connectivity index (χ3v) is 4.47. The molecule has 0 unspecified atom stereocenters. The minimum Gasteiger partial charge on any atom is -0.493 e. The second-order valence-electron chi connectivity index (χ2n) is 6.73. The summed E-state index contributed by atoms with van der Waals surface area (Å²) in [5.74, 6) is -0.217. The minimum atomic E-state index is -0.528. The van der Waals surface area contributed by atoms with Gasteiger partial charge in [-0.05, 0) is 53.6 Å². The molecule has 0 saturated heterocycles. The molecule has 0 spiro atoms. The van der Waals surface area contributed by atoms with E-state index in [0.29, 0.717) is 28.3 Å². The van der Waals surface area contributed by atoms with Crippen LogP contribution in [0.5, 0.6) is 11.5 Å². The number of benzene rings is 3. The fourth-order valence-corrected chi connectivity index (χ4v) is 2.90. The molecule has 8 nitrogen and oxygen atoms in total. The number of carbonyl (C=O) groups is 1. The highest BCUT2D eigenvalue weighted by molar-refractivity contribution is 5.92. The summed E-state index contributed by atoms with van der Waals surface area (Å²) >= 11 is 0. The zero-order valence-electron chi connectivity index (χ0n) is 17.4. The average Bonchev–Trinajstić information content (AvgIpc) is 2.83. The first kappa shape index (κ1) is 23.0. The minimum absolute atomic E-state index is 0.117. The van der Waals surface area contributed by atoms with E-state index in [1.54, 1.807) is 30.3 Å². The molecule has 0 bridgehead atoms. The van der Waals surface area contributed by atoms with Gasteiger partial charge in [-0.3, -0.25) is 14.9 Å². The van der Waals surface area contributed by atoms with Crippen molar-refractivity contribution in [3.63, 3.8) is 0 Å². The fraction of sp³-hybridized carbons (Fsp3) is 0.0833. The number of rotatable bonds is 8. The van der Waals surface area contributed by atoms with Crippen molar-refractivity contribution in [2.24, 2.45) is 0 Å². The number of amides is 1. The largest absolute Gasteiger partial charge is 0.493 e. The van der Waals surface area contributed by atoms with E-state index in [1.165, 1.54) is 49.6 Å². The van der Waals surface area contributed by atoms with Crippen LogP contribution in [0.25, 0.3) is 11.6 Å². The maximum Gasteiger partial charge on any atom is 0.270 e. The second kappa shape index (κ2) is 10.5. The van der Waals surface area contributed by atoms with Gasteiger partial charge in [-0.15, -0.1) is 0 Å². The first-order valence-corrected chi connectivity index (χ1v) is 9.62. The maximum atomic E-state index is 13.0. The quantitative estimate of drug-likeness (QED) is 0.229. The summed E-state index contributed by atoms with van der Waals surface area (Å²) in [5.41, 5.74) is 1.55. The third kappa shape index (κ3) is 6.15. The molecule has 0 fully saturated rings. The number of anilines is 1. The van der Waals surface area contributed by atoms with E-state index in [-0.39, 0.29) is 17.9 Å². The van der Waals surface area contributed by atoms with Crippen LogP contribution in [0.15, 0.2) is 66.7 Å². The number of non-ortho nitro benzene ring substituents is 1. The van der Waals surface area contributed by atoms with Gasteiger partial charge in [0.1, 0.15) is 5.82 Å². The first-order chi connectivity index (χ1) is 15.9. The van der Waals surface area contributed by atoms with E-state index in [1.807, 2.05) is 6.07 Å². The van der Waals surface area contributed by atoms with Crippen LogP contribution in [0.1, 0.15) is 11.1 Å². The fourth-order valence-electron chi connectivity index (χ4n) is 2.90. The topological polar surface area (TPSA) is 114 Å². The average molecular weight is 447 g/mol. The molecule has 0 aliphatic carbocycles. The van der Waals surface area contributed by atoms with Crippen LogP contribution in [0.4, 0.5) is 15.8 Å². The van der Waals surface area contributed by atoms with Crippen molar-refractivity contribution in [1.82, 2.24) is 0 Å². The molecule has 1 amide bonds. The number of carbonyl (C=O) groups excluding carboxylic acids is 1. The highest BCUT2D eigenvalue weighted by Crippen LogP contribution is 2.30. The van der Waals surface area contributed by atoms with E-state index in [4.69, 9.17) is 9.47 Å². The summed E-state index contributed by atoms with van der Waals surface area (Å²) in [6.07, 6.45) is 1.56. The molecule has 0 heterocycles. The van der Waals surface area contributed by atoms with Crippen molar-refractivity contribution in [1.29, 1.82) is 5.26 Å². The van der Waals surface area contributed by atoms with Crippen molar-refractivity contribution in [3.8, 4) is 17.6 Å². The zero-order chi connectivity index (χ0) is 23.8. The molecule has 0 atom stereocenters. The Labute approximate surface area is 188 Å². The number of methoxy groups -OCH3 is 1. The van der Waals surface area contributed by atoms with Gasteiger partial charge in [0.05, 0.1) is 23.7 Å². The molecule has 0 saturated carbocycles. The Morgan fingerprint density at radius 2 is 1.91 bits per heavy atom. The standard InChI is InChI=1S/C24H18FN3O5/c1-32-23-12-16(11-18(14-26)17-3-2-4-21(13-17)28(30)31)5-10-22(23)33-15-24(29)27-20-8-6-19(25)7-9-20/h2-13H,15H2,1H3,(H,27,29)/b18-11-. The number of nitro benzene ring substituents is 1. The monoisotopic (exact) mass is 447 g/mol. The Balaban J connectivity index is 1.74. The number of halogens is 1. The number of nitrogens with zero attached hydrogens (tertiary/aromatic N) is 2. The Bertz CT molecular complexity index is 1250. The van der Waals surface area contributed by atoms with E-state index in [0.717, 1.165) is 0 Å². The summed E-state index contributed by atoms with van der Waals surface area (Å²) < 4.78 is 23.8. The molecule has 0 aliphatic heterocycles. The van der Waals surface area contributed by atoms with Crippen LogP contribution in [-0.2, 0) is 4.79 Å². The lowest BCUT2D eigenvalue weighted by Crippen LogP contribution is -2.20. The van der Waals surface area contributed by atoms with Gasteiger partial charge < -0.3 is 14.8 Å². The lowest BCUT2D eigenvalue weighted by molar-refractivity contribution is -0.384. The van der Waals surface area contributed by atoms with E-state index < -0.39 is 16.6 Å². The number of nitriles is 1. The Morgan fingerprint density at radius 3 is 2.58 bits per heavy atom. The number of ether oxygens (including phenoxy) is 2. The molecule has 1 N–H and O–H groups in total. The van der Waals surface area contributed by atoms with Gasteiger partial charge in [0.15, 0.2) is 18.1 Å². The zero-order valence-corrected chi connectivity index (χ0v) is 17.4. The highest BCUT2D eigenvalue weighted by atomic mass is 19.1. The second-order valence-corrected chi connectivity index (χ2v) is 6.73. The normalized spacial score (nSPS) is 10.8. The number of allylic oxidation sites excluding steroid dienone is 1. The van der Waals surface area contributed by atoms with Crippen molar-refractivity contribution < 1.29 is 23.6 Å². The van der Waals surface area contributed by atoms with Crippen LogP contribution in [0, 0.1) is 27.3 Å². The van der Waals surface area contributed by atoms with Gasteiger partial charge in [-0.1, -0.05) is 18.2 Å². The molecule has 0 aliphatic rings. The van der Waals surface area contributed by atoms with E-state index in [9.17, 15) is 24.6 Å². The Kier molecular flexibility index (Phi) is 7.34. The van der Waals surface area contributed by atoms with E-state index >= 15 is 0 Å². The smallest absolute Gasteiger partial charge is 0.270 e. The summed E-state index contributed by atoms with van der Waals surface area (Å²) in [6, 6.07) is 18.0. The summed E-state index contributed by atoms with van der Waals surface area (Å²) in [4.78, 5) is 22.6. The Morgan fingerprint density at radius 1 is 1.15 bits per heavy atom. The number of nitrogens with one attached hydrogen (secondary N) is 1. The highest BCUT2D eigenvalue weighted by Gasteiger charge is 2.11. The SMILES string of the molecule is COc1cc(/C=C(/C#N)c2cccc([N+](=O)[O-])c2)ccc1OCC(=O)Nc1ccc(F)cc1. The van der Waals surface area contributed by atoms with Gasteiger partial charge in [0.2, 0.25) is 0 Å². The van der Waals surface area contributed by atoms with Gasteiger partial charge in [0, 0.05) is 17.8 Å². The van der Waals surface area contributed by atoms with E-state index in [2.05, 4.69) is 5.32 Å². The molecule has 3 aromatic rings. The van der Waals surface area contributed by atoms with Gasteiger partial charge >= 0.3 is 0 Å². The Hall–Kier alpha value is -4.71. The summed E-state index contributed by atoms with van der Waals surface area (Å²) in [7, 11) is 1.43. The molecular weight excluding hydrogens is 429 g/mol. The molecule has 0 aromatic heterocycles. The predicted octanol–water partition coefficient (Wildman–Crippen LogP) is 4.82. The van der Waals surface area contributed by atoms with Gasteiger partial charge in [-0.25, -0.2) is 4.39 Å². The number of hydrogen-bond donors (Lipinski definition) is 1. The number of hydrogen-bond acceptors (Lipinski definition) is 6. The number of nitro groups is 1. The van der Waals surface area contributed by atoms with Crippen LogP contribution in [-0.4, -0.2) is 24.5 Å². The molecular formula is C24H18FN3O5. The summed E-state index contributed by atoms with van der Waals surface area (Å²) in [5, 5.41) is 23.1. The van der Waals surface area contributed by atoms with Gasteiger partial charge in [-0.2, -0.15) is 5.26 Å². The van der Waals surface area contributed by atoms with Crippen LogP contribution < -0.4 is 14.8 Å². The third-order valence-electron chi connectivity index (χ3n) is 4.47. The lowest BCUT2D eigenvalue weighted by Gasteiger charge is -2.12. The van der Waals surface area contributed by atoms with Crippen LogP contribution in [0.3, 0.4) is 0 Å². The molecule has 0 radical (unpaired) electrons. The molecule has 166 valence electrons. The first-order valence-electron chi connectivity index (χ1n) is 9.62. The van der Waals surface area contributed by atoms with Crippen LogP contribution in [0.2, 0.25) is 0 Å². The maximum absolute atomic E-state index is 13.0. The lowest BCUT2D eigenvalue weighted by atomic mass is 10.0. The van der Waals surface area contributed by atoms with Crippen molar-refractivity contribution in [2.75, 3.05) is 19.0 Å². The van der Waals surface area contributed by atoms with Gasteiger partial charge in [0.25, 0.3) is 11.6 Å². The molecule has 9 heteroatoms. The van der Waals surface area contributed by atoms with Crippen molar-refractivity contribution >= 4 is 28.9 Å². The predicted molar refractivity (Wildman–Crippen MR) is 120 cm³/mol. The molecule has 3 aromatic carbocycles.